The van der Waals surface area contributed by atoms with E-state index in [0.29, 0.717) is 13.2 Å². The number of unbranched alkanes of at least 4 members (excludes halogenated alkanes) is 1. The smallest absolute Gasteiger partial charge is 0.100 e. The van der Waals surface area contributed by atoms with Crippen molar-refractivity contribution in [2.75, 3.05) is 13.2 Å². The second kappa shape index (κ2) is 16.8. The molecule has 0 fully saturated rings. The summed E-state index contributed by atoms with van der Waals surface area (Å²) in [5.41, 5.74) is 0. The second-order valence-electron chi connectivity index (χ2n) is 2.15. The molecule has 0 radical (unpaired) electrons. The molecule has 0 spiro atoms. The monoisotopic (exact) mass is 172 g/mol. The SMILES string of the molecule is C=CCOOCC=C.CCCC. The van der Waals surface area contributed by atoms with Crippen LogP contribution in [0.25, 0.3) is 0 Å². The van der Waals surface area contributed by atoms with E-state index < -0.39 is 0 Å². The molecule has 0 N–H and O–H groups in total. The Bertz CT molecular complexity index is 77.8. The van der Waals surface area contributed by atoms with Gasteiger partial charge in [-0.2, -0.15) is 0 Å². The molecule has 2 nitrogen and oxygen atoms in total. The summed E-state index contributed by atoms with van der Waals surface area (Å²) in [5.74, 6) is 0. The molecular weight excluding hydrogens is 152 g/mol. The molecule has 0 saturated heterocycles. The van der Waals surface area contributed by atoms with Gasteiger partial charge in [0.05, 0.1) is 0 Å². The normalized spacial score (nSPS) is 8.17. The van der Waals surface area contributed by atoms with E-state index >= 15 is 0 Å². The van der Waals surface area contributed by atoms with Crippen LogP contribution in [0.1, 0.15) is 26.7 Å². The van der Waals surface area contributed by atoms with E-state index in [-0.39, 0.29) is 0 Å². The zero-order valence-electron chi connectivity index (χ0n) is 8.21. The molecular formula is C10H20O2. The standard InChI is InChI=1S/C6H10O2.C4H10/c1-3-5-7-8-6-4-2;1-3-4-2/h3-4H,1-2,5-6H2;3-4H2,1-2H3. The van der Waals surface area contributed by atoms with Crippen molar-refractivity contribution >= 4 is 0 Å². The average Bonchev–Trinajstić information content (AvgIpc) is 2.13. The highest BCUT2D eigenvalue weighted by Gasteiger charge is 1.76. The molecule has 0 bridgehead atoms. The summed E-state index contributed by atoms with van der Waals surface area (Å²) in [7, 11) is 0. The molecule has 0 aromatic carbocycles. The molecule has 0 atom stereocenters. The maximum Gasteiger partial charge on any atom is 0.100 e. The molecule has 0 aromatic heterocycles. The van der Waals surface area contributed by atoms with Gasteiger partial charge in [-0.15, -0.1) is 13.2 Å². The van der Waals surface area contributed by atoms with Gasteiger partial charge in [-0.05, 0) is 0 Å². The number of hydrogen-bond acceptors (Lipinski definition) is 2. The highest BCUT2D eigenvalue weighted by atomic mass is 17.2. The molecule has 0 aliphatic rings. The first kappa shape index (κ1) is 14.0. The Labute approximate surface area is 75.8 Å². The lowest BCUT2D eigenvalue weighted by molar-refractivity contribution is -0.277. The highest BCUT2D eigenvalue weighted by Crippen LogP contribution is 1.77. The van der Waals surface area contributed by atoms with Gasteiger partial charge in [0, 0.05) is 0 Å². The summed E-state index contributed by atoms with van der Waals surface area (Å²) in [6.07, 6.45) is 5.87. The molecule has 0 aliphatic carbocycles. The lowest BCUT2D eigenvalue weighted by atomic mass is 10.4. The number of hydrogen-bond donors (Lipinski definition) is 0. The Hall–Kier alpha value is -0.600. The number of rotatable bonds is 6. The summed E-state index contributed by atoms with van der Waals surface area (Å²) >= 11 is 0. The molecule has 0 aliphatic heterocycles. The predicted octanol–water partition coefficient (Wildman–Crippen LogP) is 3.11. The predicted molar refractivity (Wildman–Crippen MR) is 52.9 cm³/mol. The third-order valence-electron chi connectivity index (χ3n) is 0.955. The van der Waals surface area contributed by atoms with Crippen LogP contribution in [0.2, 0.25) is 0 Å². The molecule has 2 heteroatoms. The maximum absolute atomic E-state index is 4.53. The molecule has 0 unspecified atom stereocenters. The fourth-order valence-electron chi connectivity index (χ4n) is 0.192. The van der Waals surface area contributed by atoms with Crippen molar-refractivity contribution in [3.8, 4) is 0 Å². The lowest BCUT2D eigenvalue weighted by Crippen LogP contribution is -1.92. The minimum Gasteiger partial charge on any atom is -0.232 e. The van der Waals surface area contributed by atoms with Gasteiger partial charge in [0.2, 0.25) is 0 Å². The van der Waals surface area contributed by atoms with E-state index in [9.17, 15) is 0 Å². The first-order valence-electron chi connectivity index (χ1n) is 4.29. The summed E-state index contributed by atoms with van der Waals surface area (Å²) in [5, 5.41) is 0. The van der Waals surface area contributed by atoms with Crippen LogP contribution in [-0.4, -0.2) is 13.2 Å². The van der Waals surface area contributed by atoms with Gasteiger partial charge >= 0.3 is 0 Å². The van der Waals surface area contributed by atoms with Crippen molar-refractivity contribution < 1.29 is 9.78 Å². The Morgan fingerprint density at radius 3 is 1.42 bits per heavy atom. The van der Waals surface area contributed by atoms with E-state index in [1.807, 2.05) is 0 Å². The van der Waals surface area contributed by atoms with Crippen molar-refractivity contribution in [2.24, 2.45) is 0 Å². The molecule has 0 amide bonds. The first-order valence-corrected chi connectivity index (χ1v) is 4.29. The van der Waals surface area contributed by atoms with Crippen LogP contribution in [0.3, 0.4) is 0 Å². The molecule has 0 heterocycles. The molecule has 0 rings (SSSR count). The Morgan fingerprint density at radius 2 is 1.25 bits per heavy atom. The van der Waals surface area contributed by atoms with Gasteiger partial charge in [0.25, 0.3) is 0 Å². The quantitative estimate of drug-likeness (QED) is 0.265. The Morgan fingerprint density at radius 1 is 0.917 bits per heavy atom. The zero-order chi connectivity index (χ0) is 9.66. The van der Waals surface area contributed by atoms with Crippen molar-refractivity contribution in [3.63, 3.8) is 0 Å². The zero-order valence-corrected chi connectivity index (χ0v) is 8.21. The Balaban J connectivity index is 0. The topological polar surface area (TPSA) is 18.5 Å². The molecule has 0 aromatic rings. The van der Waals surface area contributed by atoms with E-state index in [1.54, 1.807) is 12.2 Å². The lowest BCUT2D eigenvalue weighted by Gasteiger charge is -1.94. The summed E-state index contributed by atoms with van der Waals surface area (Å²) in [6, 6.07) is 0. The fourth-order valence-corrected chi connectivity index (χ4v) is 0.192. The van der Waals surface area contributed by atoms with Crippen molar-refractivity contribution in [3.05, 3.63) is 25.3 Å². The van der Waals surface area contributed by atoms with Crippen molar-refractivity contribution in [1.29, 1.82) is 0 Å². The van der Waals surface area contributed by atoms with Crippen molar-refractivity contribution in [1.82, 2.24) is 0 Å². The maximum atomic E-state index is 4.53. The second-order valence-corrected chi connectivity index (χ2v) is 2.15. The van der Waals surface area contributed by atoms with Gasteiger partial charge in [-0.3, -0.25) is 0 Å². The largest absolute Gasteiger partial charge is 0.232 e. The summed E-state index contributed by atoms with van der Waals surface area (Å²) < 4.78 is 0. The fraction of sp³-hybridized carbons (Fsp3) is 0.600. The van der Waals surface area contributed by atoms with Crippen LogP contribution < -0.4 is 0 Å². The van der Waals surface area contributed by atoms with E-state index in [1.165, 1.54) is 12.8 Å². The molecule has 12 heavy (non-hydrogen) atoms. The molecule has 0 saturated carbocycles. The highest BCUT2D eigenvalue weighted by molar-refractivity contribution is 4.64. The first-order chi connectivity index (χ1) is 5.83. The summed E-state index contributed by atoms with van der Waals surface area (Å²) in [6.45, 7) is 12.1. The van der Waals surface area contributed by atoms with E-state index in [0.717, 1.165) is 0 Å². The van der Waals surface area contributed by atoms with Crippen LogP contribution in [0, 0.1) is 0 Å². The van der Waals surface area contributed by atoms with Gasteiger partial charge in [-0.1, -0.05) is 38.8 Å². The third-order valence-corrected chi connectivity index (χ3v) is 0.955. The van der Waals surface area contributed by atoms with Crippen LogP contribution >= 0.6 is 0 Å². The van der Waals surface area contributed by atoms with Gasteiger partial charge in [0.1, 0.15) is 13.2 Å². The van der Waals surface area contributed by atoms with Crippen LogP contribution in [0.5, 0.6) is 0 Å². The van der Waals surface area contributed by atoms with E-state index in [2.05, 4.69) is 36.8 Å². The summed E-state index contributed by atoms with van der Waals surface area (Å²) in [4.78, 5) is 9.07. The minimum absolute atomic E-state index is 0.424. The van der Waals surface area contributed by atoms with Gasteiger partial charge in [0.15, 0.2) is 0 Å². The van der Waals surface area contributed by atoms with Gasteiger partial charge in [-0.25, -0.2) is 9.78 Å². The van der Waals surface area contributed by atoms with E-state index in [4.69, 9.17) is 0 Å². The van der Waals surface area contributed by atoms with Crippen LogP contribution in [0.15, 0.2) is 25.3 Å². The van der Waals surface area contributed by atoms with Crippen LogP contribution in [0.4, 0.5) is 0 Å². The average molecular weight is 172 g/mol. The Kier molecular flexibility index (Phi) is 19.5. The minimum atomic E-state index is 0.424. The van der Waals surface area contributed by atoms with Crippen LogP contribution in [-0.2, 0) is 9.78 Å². The van der Waals surface area contributed by atoms with Gasteiger partial charge < -0.3 is 0 Å². The van der Waals surface area contributed by atoms with Crippen molar-refractivity contribution in [2.45, 2.75) is 26.7 Å². The molecule has 72 valence electrons. The third kappa shape index (κ3) is 22.7.